The van der Waals surface area contributed by atoms with E-state index in [2.05, 4.69) is 26.1 Å². The third-order valence-corrected chi connectivity index (χ3v) is 3.52. The standard InChI is InChI=1S/C12H19NO2S/c1-4-6-12(2,3)13-8-9-5-7-16-10(9)11(14)15/h5,7,13H,4,6,8H2,1-3H3,(H,14,15). The third-order valence-electron chi connectivity index (χ3n) is 2.57. The second-order valence-electron chi connectivity index (χ2n) is 4.57. The summed E-state index contributed by atoms with van der Waals surface area (Å²) in [5, 5.41) is 14.2. The van der Waals surface area contributed by atoms with Crippen LogP contribution in [0.4, 0.5) is 0 Å². The van der Waals surface area contributed by atoms with Crippen LogP contribution in [-0.4, -0.2) is 16.6 Å². The lowest BCUT2D eigenvalue weighted by atomic mass is 9.98. The average Bonchev–Trinajstić information content (AvgIpc) is 2.62. The number of carboxylic acid groups (broad SMARTS) is 1. The van der Waals surface area contributed by atoms with Crippen LogP contribution in [-0.2, 0) is 6.54 Å². The molecule has 2 N–H and O–H groups in total. The Labute approximate surface area is 100 Å². The Morgan fingerprint density at radius 1 is 1.56 bits per heavy atom. The Bertz CT molecular complexity index is 358. The highest BCUT2D eigenvalue weighted by atomic mass is 32.1. The van der Waals surface area contributed by atoms with Crippen LogP contribution >= 0.6 is 11.3 Å². The Hall–Kier alpha value is -0.870. The fourth-order valence-electron chi connectivity index (χ4n) is 1.71. The first-order valence-electron chi connectivity index (χ1n) is 5.51. The molecule has 16 heavy (non-hydrogen) atoms. The van der Waals surface area contributed by atoms with Crippen LogP contribution in [0.2, 0.25) is 0 Å². The van der Waals surface area contributed by atoms with Crippen LogP contribution in [0.5, 0.6) is 0 Å². The molecule has 90 valence electrons. The number of carboxylic acids is 1. The second kappa shape index (κ2) is 5.46. The molecule has 0 radical (unpaired) electrons. The topological polar surface area (TPSA) is 49.3 Å². The molecular weight excluding hydrogens is 222 g/mol. The van der Waals surface area contributed by atoms with Crippen molar-refractivity contribution in [3.05, 3.63) is 21.9 Å². The van der Waals surface area contributed by atoms with Gasteiger partial charge in [0.25, 0.3) is 0 Å². The monoisotopic (exact) mass is 241 g/mol. The van der Waals surface area contributed by atoms with Crippen LogP contribution in [0, 0.1) is 0 Å². The van der Waals surface area contributed by atoms with Gasteiger partial charge in [0, 0.05) is 12.1 Å². The molecule has 0 saturated carbocycles. The summed E-state index contributed by atoms with van der Waals surface area (Å²) in [7, 11) is 0. The molecule has 1 aromatic rings. The van der Waals surface area contributed by atoms with Crippen molar-refractivity contribution < 1.29 is 9.90 Å². The zero-order valence-corrected chi connectivity index (χ0v) is 10.9. The first kappa shape index (κ1) is 13.2. The summed E-state index contributed by atoms with van der Waals surface area (Å²) in [4.78, 5) is 11.4. The highest BCUT2D eigenvalue weighted by molar-refractivity contribution is 7.12. The number of carbonyl (C=O) groups is 1. The molecule has 0 aromatic carbocycles. The van der Waals surface area contributed by atoms with Gasteiger partial charge in [-0.05, 0) is 37.3 Å². The smallest absolute Gasteiger partial charge is 0.346 e. The van der Waals surface area contributed by atoms with Gasteiger partial charge in [-0.25, -0.2) is 4.79 Å². The first-order valence-corrected chi connectivity index (χ1v) is 6.39. The molecule has 0 aliphatic rings. The molecule has 1 aromatic heterocycles. The van der Waals surface area contributed by atoms with Crippen LogP contribution in [0.25, 0.3) is 0 Å². The maximum Gasteiger partial charge on any atom is 0.346 e. The number of nitrogens with one attached hydrogen (secondary N) is 1. The highest BCUT2D eigenvalue weighted by Crippen LogP contribution is 2.18. The Morgan fingerprint density at radius 3 is 2.81 bits per heavy atom. The van der Waals surface area contributed by atoms with Gasteiger partial charge in [0.05, 0.1) is 0 Å². The molecule has 0 fully saturated rings. The van der Waals surface area contributed by atoms with Gasteiger partial charge in [0.1, 0.15) is 4.88 Å². The van der Waals surface area contributed by atoms with E-state index in [1.807, 2.05) is 11.4 Å². The fourth-order valence-corrected chi connectivity index (χ4v) is 2.47. The lowest BCUT2D eigenvalue weighted by Gasteiger charge is -2.25. The SMILES string of the molecule is CCCC(C)(C)NCc1ccsc1C(=O)O. The molecule has 1 rings (SSSR count). The molecule has 0 aliphatic heterocycles. The van der Waals surface area contributed by atoms with Crippen molar-refractivity contribution in [1.82, 2.24) is 5.32 Å². The number of rotatable bonds is 6. The normalized spacial score (nSPS) is 11.7. The van der Waals surface area contributed by atoms with Crippen molar-refractivity contribution in [2.75, 3.05) is 0 Å². The van der Waals surface area contributed by atoms with Gasteiger partial charge in [-0.3, -0.25) is 0 Å². The highest BCUT2D eigenvalue weighted by Gasteiger charge is 2.17. The number of hydrogen-bond acceptors (Lipinski definition) is 3. The Kier molecular flexibility index (Phi) is 4.50. The average molecular weight is 241 g/mol. The van der Waals surface area contributed by atoms with Gasteiger partial charge in [0.15, 0.2) is 0 Å². The van der Waals surface area contributed by atoms with Crippen molar-refractivity contribution >= 4 is 17.3 Å². The van der Waals surface area contributed by atoms with Crippen molar-refractivity contribution in [2.45, 2.75) is 45.7 Å². The molecule has 0 spiro atoms. The largest absolute Gasteiger partial charge is 0.477 e. The summed E-state index contributed by atoms with van der Waals surface area (Å²) in [6.07, 6.45) is 2.20. The summed E-state index contributed by atoms with van der Waals surface area (Å²) in [5.74, 6) is -0.833. The van der Waals surface area contributed by atoms with Crippen LogP contribution in [0.15, 0.2) is 11.4 Å². The summed E-state index contributed by atoms with van der Waals surface area (Å²) in [6, 6.07) is 1.88. The Balaban J connectivity index is 2.61. The summed E-state index contributed by atoms with van der Waals surface area (Å²) >= 11 is 1.28. The fraction of sp³-hybridized carbons (Fsp3) is 0.583. The number of hydrogen-bond donors (Lipinski definition) is 2. The number of aromatic carboxylic acids is 1. The van der Waals surface area contributed by atoms with Crippen LogP contribution in [0.1, 0.15) is 48.8 Å². The summed E-state index contributed by atoms with van der Waals surface area (Å²) in [6.45, 7) is 7.06. The predicted molar refractivity (Wildman–Crippen MR) is 67.1 cm³/mol. The molecule has 0 saturated heterocycles. The molecule has 4 heteroatoms. The zero-order chi connectivity index (χ0) is 12.2. The van der Waals surface area contributed by atoms with E-state index in [1.54, 1.807) is 0 Å². The molecule has 0 amide bonds. The minimum Gasteiger partial charge on any atom is -0.477 e. The molecule has 0 bridgehead atoms. The second-order valence-corrected chi connectivity index (χ2v) is 5.48. The van der Waals surface area contributed by atoms with Gasteiger partial charge < -0.3 is 10.4 Å². The van der Waals surface area contributed by atoms with E-state index >= 15 is 0 Å². The molecule has 0 atom stereocenters. The van der Waals surface area contributed by atoms with Crippen molar-refractivity contribution in [3.63, 3.8) is 0 Å². The predicted octanol–water partition coefficient (Wildman–Crippen LogP) is 3.11. The minimum absolute atomic E-state index is 0.0620. The van der Waals surface area contributed by atoms with E-state index in [4.69, 9.17) is 5.11 Å². The van der Waals surface area contributed by atoms with Crippen molar-refractivity contribution in [2.24, 2.45) is 0 Å². The maximum absolute atomic E-state index is 10.9. The minimum atomic E-state index is -0.833. The van der Waals surface area contributed by atoms with Gasteiger partial charge in [0.2, 0.25) is 0 Å². The molecule has 0 unspecified atom stereocenters. The molecule has 3 nitrogen and oxygen atoms in total. The zero-order valence-electron chi connectivity index (χ0n) is 10.0. The van der Waals surface area contributed by atoms with E-state index in [1.165, 1.54) is 11.3 Å². The van der Waals surface area contributed by atoms with E-state index in [9.17, 15) is 4.79 Å². The summed E-state index contributed by atoms with van der Waals surface area (Å²) in [5.41, 5.74) is 0.939. The van der Waals surface area contributed by atoms with Gasteiger partial charge >= 0.3 is 5.97 Å². The lowest BCUT2D eigenvalue weighted by molar-refractivity contribution is 0.0700. The molecule has 1 heterocycles. The summed E-state index contributed by atoms with van der Waals surface area (Å²) < 4.78 is 0. The Morgan fingerprint density at radius 2 is 2.25 bits per heavy atom. The maximum atomic E-state index is 10.9. The van der Waals surface area contributed by atoms with Crippen molar-refractivity contribution in [3.8, 4) is 0 Å². The molecular formula is C12H19NO2S. The third kappa shape index (κ3) is 3.61. The number of thiophene rings is 1. The van der Waals surface area contributed by atoms with E-state index < -0.39 is 5.97 Å². The van der Waals surface area contributed by atoms with E-state index in [0.29, 0.717) is 11.4 Å². The van der Waals surface area contributed by atoms with Gasteiger partial charge in [-0.1, -0.05) is 13.3 Å². The lowest BCUT2D eigenvalue weighted by Crippen LogP contribution is -2.38. The van der Waals surface area contributed by atoms with Gasteiger partial charge in [-0.15, -0.1) is 11.3 Å². The quantitative estimate of drug-likeness (QED) is 0.804. The molecule has 0 aliphatic carbocycles. The first-order chi connectivity index (χ1) is 7.46. The van der Waals surface area contributed by atoms with Crippen LogP contribution in [0.3, 0.4) is 0 Å². The van der Waals surface area contributed by atoms with E-state index in [0.717, 1.165) is 18.4 Å². The van der Waals surface area contributed by atoms with Crippen LogP contribution < -0.4 is 5.32 Å². The van der Waals surface area contributed by atoms with Crippen molar-refractivity contribution in [1.29, 1.82) is 0 Å². The van der Waals surface area contributed by atoms with E-state index in [-0.39, 0.29) is 5.54 Å². The van der Waals surface area contributed by atoms with Gasteiger partial charge in [-0.2, -0.15) is 0 Å².